The summed E-state index contributed by atoms with van der Waals surface area (Å²) in [5.74, 6) is -2.00. The van der Waals surface area contributed by atoms with Gasteiger partial charge in [-0.05, 0) is 29.8 Å². The highest BCUT2D eigenvalue weighted by Crippen LogP contribution is 2.30. The highest BCUT2D eigenvalue weighted by Gasteiger charge is 2.28. The predicted octanol–water partition coefficient (Wildman–Crippen LogP) is 2.32. The van der Waals surface area contributed by atoms with Gasteiger partial charge in [0.1, 0.15) is 11.4 Å². The number of nitrogens with zero attached hydrogens (tertiary/aromatic N) is 1. The monoisotopic (exact) mass is 380 g/mol. The summed E-state index contributed by atoms with van der Waals surface area (Å²) in [5, 5.41) is 12.4. The third-order valence-electron chi connectivity index (χ3n) is 4.36. The van der Waals surface area contributed by atoms with Crippen LogP contribution in [0, 0.1) is 11.7 Å². The van der Waals surface area contributed by atoms with Gasteiger partial charge in [0.25, 0.3) is 5.56 Å². The van der Waals surface area contributed by atoms with E-state index in [9.17, 15) is 14.0 Å². The van der Waals surface area contributed by atoms with E-state index in [1.807, 2.05) is 0 Å². The van der Waals surface area contributed by atoms with E-state index in [0.717, 1.165) is 0 Å². The molecule has 1 aliphatic rings. The number of carbonyl (C=O) groups is 1. The molecule has 0 amide bonds. The molecule has 1 aromatic carbocycles. The largest absolute Gasteiger partial charge is 0.477 e. The van der Waals surface area contributed by atoms with Crippen LogP contribution in [0.1, 0.15) is 22.0 Å². The number of carboxylic acids is 1. The molecule has 1 aromatic heterocycles. The molecule has 6 nitrogen and oxygen atoms in total. The van der Waals surface area contributed by atoms with Crippen molar-refractivity contribution in [1.82, 2.24) is 9.88 Å². The number of benzene rings is 1. The molecule has 2 atom stereocenters. The molecule has 2 unspecified atom stereocenters. The minimum absolute atomic E-state index is 0.0300. The maximum absolute atomic E-state index is 13.9. The fourth-order valence-corrected chi connectivity index (χ4v) is 3.22. The van der Waals surface area contributed by atoms with Crippen molar-refractivity contribution < 1.29 is 19.0 Å². The number of aromatic nitrogens is 1. The van der Waals surface area contributed by atoms with Crippen molar-refractivity contribution in [2.24, 2.45) is 5.92 Å². The first-order valence-corrected chi connectivity index (χ1v) is 8.55. The Balaban J connectivity index is 1.93. The first kappa shape index (κ1) is 18.6. The zero-order chi connectivity index (χ0) is 18.7. The Morgan fingerprint density at radius 3 is 2.96 bits per heavy atom. The molecule has 2 heterocycles. The Hall–Kier alpha value is -2.22. The summed E-state index contributed by atoms with van der Waals surface area (Å²) in [7, 11) is 0. The molecule has 2 aromatic rings. The van der Waals surface area contributed by atoms with Gasteiger partial charge in [0, 0.05) is 31.7 Å². The lowest BCUT2D eigenvalue weighted by atomic mass is 9.95. The molecule has 0 saturated carbocycles. The van der Waals surface area contributed by atoms with Crippen molar-refractivity contribution in [2.45, 2.75) is 12.6 Å². The Bertz CT molecular complexity index is 871. The third kappa shape index (κ3) is 3.95. The van der Waals surface area contributed by atoms with Gasteiger partial charge < -0.3 is 19.7 Å². The SMILES string of the molecule is O=C(O)c1cccn(CC2CNCCOC2c2ccc(Cl)c(F)c2)c1=O. The van der Waals surface area contributed by atoms with Crippen LogP contribution in [0.15, 0.2) is 41.3 Å². The van der Waals surface area contributed by atoms with Crippen LogP contribution < -0.4 is 10.9 Å². The number of hydrogen-bond acceptors (Lipinski definition) is 4. The number of rotatable bonds is 4. The van der Waals surface area contributed by atoms with E-state index in [1.54, 1.807) is 12.3 Å². The minimum Gasteiger partial charge on any atom is -0.477 e. The maximum atomic E-state index is 13.9. The molecule has 1 aliphatic heterocycles. The van der Waals surface area contributed by atoms with Gasteiger partial charge in [-0.3, -0.25) is 4.79 Å². The van der Waals surface area contributed by atoms with Gasteiger partial charge in [-0.1, -0.05) is 17.7 Å². The second-order valence-corrected chi connectivity index (χ2v) is 6.52. The lowest BCUT2D eigenvalue weighted by Crippen LogP contribution is -2.33. The first-order chi connectivity index (χ1) is 12.5. The lowest BCUT2D eigenvalue weighted by Gasteiger charge is -2.26. The molecule has 0 spiro atoms. The summed E-state index contributed by atoms with van der Waals surface area (Å²) in [6.07, 6.45) is 1.09. The number of carboxylic acid groups (broad SMARTS) is 1. The van der Waals surface area contributed by atoms with Crippen LogP contribution in [0.3, 0.4) is 0 Å². The third-order valence-corrected chi connectivity index (χ3v) is 4.67. The normalized spacial score (nSPS) is 20.5. The Morgan fingerprint density at radius 1 is 1.42 bits per heavy atom. The number of ether oxygens (including phenoxy) is 1. The van der Waals surface area contributed by atoms with E-state index in [0.29, 0.717) is 25.3 Å². The minimum atomic E-state index is -1.27. The fraction of sp³-hybridized carbons (Fsp3) is 0.333. The van der Waals surface area contributed by atoms with Gasteiger partial charge in [-0.25, -0.2) is 9.18 Å². The Labute approximate surface area is 154 Å². The number of aromatic carboxylic acids is 1. The molecule has 8 heteroatoms. The second kappa shape index (κ2) is 7.99. The molecule has 0 radical (unpaired) electrons. The smallest absolute Gasteiger partial charge is 0.341 e. The molecule has 0 bridgehead atoms. The van der Waals surface area contributed by atoms with Crippen molar-refractivity contribution in [1.29, 1.82) is 0 Å². The topological polar surface area (TPSA) is 80.6 Å². The molecule has 0 aliphatic carbocycles. The predicted molar refractivity (Wildman–Crippen MR) is 94.1 cm³/mol. The molecule has 138 valence electrons. The molecular weight excluding hydrogens is 363 g/mol. The van der Waals surface area contributed by atoms with Gasteiger partial charge >= 0.3 is 5.97 Å². The average molecular weight is 381 g/mol. The summed E-state index contributed by atoms with van der Waals surface area (Å²) in [6.45, 7) is 1.85. The van der Waals surface area contributed by atoms with Crippen LogP contribution in [0.25, 0.3) is 0 Å². The quantitative estimate of drug-likeness (QED) is 0.850. The van der Waals surface area contributed by atoms with Crippen LogP contribution in [0.2, 0.25) is 5.02 Å². The van der Waals surface area contributed by atoms with Crippen molar-refractivity contribution in [3.05, 3.63) is 68.8 Å². The van der Waals surface area contributed by atoms with Gasteiger partial charge in [0.05, 0.1) is 17.7 Å². The summed E-state index contributed by atoms with van der Waals surface area (Å²) in [4.78, 5) is 23.5. The van der Waals surface area contributed by atoms with Gasteiger partial charge in [-0.2, -0.15) is 0 Å². The molecule has 1 fully saturated rings. The average Bonchev–Trinajstić information content (AvgIpc) is 2.84. The van der Waals surface area contributed by atoms with Crippen molar-refractivity contribution in [2.75, 3.05) is 19.7 Å². The van der Waals surface area contributed by atoms with Crippen LogP contribution in [-0.4, -0.2) is 35.3 Å². The summed E-state index contributed by atoms with van der Waals surface area (Å²) in [6, 6.07) is 7.30. The van der Waals surface area contributed by atoms with Crippen molar-refractivity contribution in [3.63, 3.8) is 0 Å². The Kier molecular flexibility index (Phi) is 5.70. The zero-order valence-corrected chi connectivity index (χ0v) is 14.6. The molecule has 2 N–H and O–H groups in total. The standard InChI is InChI=1S/C18H18ClFN2O4/c19-14-4-3-11(8-15(14)20)16-12(9-21-5-7-26-16)10-22-6-1-2-13(17(22)23)18(24)25/h1-4,6,8,12,16,21H,5,7,9-10H2,(H,24,25). The number of hydrogen-bond donors (Lipinski definition) is 2. The van der Waals surface area contributed by atoms with E-state index in [-0.39, 0.29) is 23.0 Å². The fourth-order valence-electron chi connectivity index (χ4n) is 3.10. The van der Waals surface area contributed by atoms with Gasteiger partial charge in [0.15, 0.2) is 0 Å². The Morgan fingerprint density at radius 2 is 2.23 bits per heavy atom. The van der Waals surface area contributed by atoms with E-state index in [4.69, 9.17) is 21.4 Å². The van der Waals surface area contributed by atoms with E-state index in [1.165, 1.54) is 28.8 Å². The number of halogens is 2. The maximum Gasteiger partial charge on any atom is 0.341 e. The molecule has 3 rings (SSSR count). The van der Waals surface area contributed by atoms with Crippen LogP contribution in [0.4, 0.5) is 4.39 Å². The molecular formula is C18H18ClFN2O4. The molecule has 1 saturated heterocycles. The number of nitrogens with one attached hydrogen (secondary N) is 1. The van der Waals surface area contributed by atoms with Gasteiger partial charge in [0.2, 0.25) is 0 Å². The summed E-state index contributed by atoms with van der Waals surface area (Å²) in [5.41, 5.74) is -0.239. The highest BCUT2D eigenvalue weighted by molar-refractivity contribution is 6.30. The molecule has 26 heavy (non-hydrogen) atoms. The van der Waals surface area contributed by atoms with E-state index >= 15 is 0 Å². The lowest BCUT2D eigenvalue weighted by molar-refractivity contribution is 0.0248. The van der Waals surface area contributed by atoms with E-state index in [2.05, 4.69) is 5.32 Å². The number of pyridine rings is 1. The summed E-state index contributed by atoms with van der Waals surface area (Å²) >= 11 is 5.76. The second-order valence-electron chi connectivity index (χ2n) is 6.11. The van der Waals surface area contributed by atoms with Crippen LogP contribution in [0.5, 0.6) is 0 Å². The zero-order valence-electron chi connectivity index (χ0n) is 13.8. The van der Waals surface area contributed by atoms with Crippen molar-refractivity contribution >= 4 is 17.6 Å². The van der Waals surface area contributed by atoms with E-state index < -0.39 is 23.4 Å². The highest BCUT2D eigenvalue weighted by atomic mass is 35.5. The summed E-state index contributed by atoms with van der Waals surface area (Å²) < 4.78 is 21.1. The van der Waals surface area contributed by atoms with Crippen molar-refractivity contribution in [3.8, 4) is 0 Å². The van der Waals surface area contributed by atoms with Gasteiger partial charge in [-0.15, -0.1) is 0 Å². The van der Waals surface area contributed by atoms with Crippen LogP contribution in [-0.2, 0) is 11.3 Å². The van der Waals surface area contributed by atoms with Crippen LogP contribution >= 0.6 is 11.6 Å². The first-order valence-electron chi connectivity index (χ1n) is 8.17.